The van der Waals surface area contributed by atoms with Crippen molar-refractivity contribution in [3.63, 3.8) is 0 Å². The summed E-state index contributed by atoms with van der Waals surface area (Å²) in [7, 11) is 0. The van der Waals surface area contributed by atoms with E-state index in [-0.39, 0.29) is 11.8 Å². The molecule has 1 aromatic heterocycles. The fourth-order valence-corrected chi connectivity index (χ4v) is 2.55. The Bertz CT molecular complexity index is 321. The zero-order valence-electron chi connectivity index (χ0n) is 6.16. The summed E-state index contributed by atoms with van der Waals surface area (Å²) in [6.07, 6.45) is 0.770. The van der Waals surface area contributed by atoms with Crippen LogP contribution in [0.15, 0.2) is 12.1 Å². The number of halogens is 1. The van der Waals surface area contributed by atoms with Gasteiger partial charge in [-0.15, -0.1) is 11.3 Å². The number of hydrogen-bond donors (Lipinski definition) is 1. The van der Waals surface area contributed by atoms with Crippen molar-refractivity contribution in [2.45, 2.75) is 12.3 Å². The van der Waals surface area contributed by atoms with Gasteiger partial charge in [-0.2, -0.15) is 0 Å². The van der Waals surface area contributed by atoms with Crippen molar-refractivity contribution in [3.8, 4) is 0 Å². The minimum absolute atomic E-state index is 0.167. The second-order valence-electron chi connectivity index (χ2n) is 2.93. The molecule has 0 amide bonds. The summed E-state index contributed by atoms with van der Waals surface area (Å²) >= 11 is 7.21. The van der Waals surface area contributed by atoms with Crippen LogP contribution in [0.4, 0.5) is 0 Å². The number of hydrogen-bond acceptors (Lipinski definition) is 2. The number of carbonyl (C=O) groups is 1. The maximum absolute atomic E-state index is 10.5. The molecule has 0 aromatic carbocycles. The van der Waals surface area contributed by atoms with E-state index < -0.39 is 5.97 Å². The minimum atomic E-state index is -0.690. The van der Waals surface area contributed by atoms with E-state index in [0.29, 0.717) is 0 Å². The van der Waals surface area contributed by atoms with Crippen LogP contribution in [0.2, 0.25) is 4.34 Å². The van der Waals surface area contributed by atoms with Crippen LogP contribution in [0, 0.1) is 5.92 Å². The van der Waals surface area contributed by atoms with E-state index in [0.717, 1.165) is 15.6 Å². The van der Waals surface area contributed by atoms with Crippen LogP contribution >= 0.6 is 22.9 Å². The van der Waals surface area contributed by atoms with Gasteiger partial charge in [0.1, 0.15) is 0 Å². The molecule has 1 heterocycles. The third kappa shape index (κ3) is 1.34. The van der Waals surface area contributed by atoms with E-state index in [1.165, 1.54) is 11.3 Å². The Morgan fingerprint density at radius 1 is 1.67 bits per heavy atom. The molecule has 64 valence electrons. The Labute approximate surface area is 78.8 Å². The Kier molecular flexibility index (Phi) is 1.85. The Morgan fingerprint density at radius 2 is 2.42 bits per heavy atom. The lowest BCUT2D eigenvalue weighted by Crippen LogP contribution is -1.97. The van der Waals surface area contributed by atoms with Crippen LogP contribution in [0.3, 0.4) is 0 Å². The number of carboxylic acid groups (broad SMARTS) is 1. The maximum Gasteiger partial charge on any atom is 0.307 e. The van der Waals surface area contributed by atoms with E-state index in [4.69, 9.17) is 16.7 Å². The number of thiophene rings is 1. The molecule has 4 heteroatoms. The van der Waals surface area contributed by atoms with Crippen molar-refractivity contribution in [2.75, 3.05) is 0 Å². The van der Waals surface area contributed by atoms with Crippen LogP contribution in [0.5, 0.6) is 0 Å². The zero-order chi connectivity index (χ0) is 8.72. The maximum atomic E-state index is 10.5. The largest absolute Gasteiger partial charge is 0.481 e. The highest BCUT2D eigenvalue weighted by atomic mass is 35.5. The standard InChI is InChI=1S/C8H7ClO2S/c9-7-2-1-6(12-7)4-3-5(4)8(10)11/h1-2,4-5H,3H2,(H,10,11)/t4-,5-/m0/s1. The predicted octanol–water partition coefficient (Wildman–Crippen LogP) is 2.59. The van der Waals surface area contributed by atoms with Gasteiger partial charge in [0, 0.05) is 10.8 Å². The molecular formula is C8H7ClO2S. The molecular weight excluding hydrogens is 196 g/mol. The van der Waals surface area contributed by atoms with E-state index in [2.05, 4.69) is 0 Å². The van der Waals surface area contributed by atoms with Gasteiger partial charge in [-0.05, 0) is 18.6 Å². The number of aliphatic carboxylic acids is 1. The number of rotatable bonds is 2. The van der Waals surface area contributed by atoms with Crippen molar-refractivity contribution in [1.29, 1.82) is 0 Å². The van der Waals surface area contributed by atoms with Crippen molar-refractivity contribution in [2.24, 2.45) is 5.92 Å². The van der Waals surface area contributed by atoms with E-state index in [1.807, 2.05) is 12.1 Å². The first-order valence-corrected chi connectivity index (χ1v) is 4.86. The minimum Gasteiger partial charge on any atom is -0.481 e. The average molecular weight is 203 g/mol. The summed E-state index contributed by atoms with van der Waals surface area (Å²) in [6.45, 7) is 0. The lowest BCUT2D eigenvalue weighted by Gasteiger charge is -1.89. The van der Waals surface area contributed by atoms with Crippen molar-refractivity contribution in [3.05, 3.63) is 21.3 Å². The third-order valence-electron chi connectivity index (χ3n) is 2.07. The molecule has 2 nitrogen and oxygen atoms in total. The molecule has 1 aliphatic rings. The second-order valence-corrected chi connectivity index (χ2v) is 4.68. The molecule has 0 radical (unpaired) electrons. The van der Waals surface area contributed by atoms with Gasteiger partial charge in [0.15, 0.2) is 0 Å². The van der Waals surface area contributed by atoms with Crippen LogP contribution in [0.1, 0.15) is 17.2 Å². The summed E-state index contributed by atoms with van der Waals surface area (Å²) < 4.78 is 0.737. The van der Waals surface area contributed by atoms with Gasteiger partial charge in [0.25, 0.3) is 0 Å². The smallest absolute Gasteiger partial charge is 0.307 e. The third-order valence-corrected chi connectivity index (χ3v) is 3.43. The lowest BCUT2D eigenvalue weighted by atomic mass is 10.3. The normalized spacial score (nSPS) is 27.1. The van der Waals surface area contributed by atoms with E-state index in [9.17, 15) is 4.79 Å². The molecule has 0 saturated heterocycles. The SMILES string of the molecule is O=C(O)[C@H]1C[C@@H]1c1ccc(Cl)s1. The van der Waals surface area contributed by atoms with Gasteiger partial charge in [0.2, 0.25) is 0 Å². The van der Waals surface area contributed by atoms with Gasteiger partial charge in [-0.3, -0.25) is 4.79 Å². The highest BCUT2D eigenvalue weighted by molar-refractivity contribution is 7.16. The first-order valence-electron chi connectivity index (χ1n) is 3.66. The molecule has 12 heavy (non-hydrogen) atoms. The van der Waals surface area contributed by atoms with E-state index in [1.54, 1.807) is 0 Å². The monoisotopic (exact) mass is 202 g/mol. The van der Waals surface area contributed by atoms with Crippen LogP contribution < -0.4 is 0 Å². The molecule has 1 saturated carbocycles. The van der Waals surface area contributed by atoms with Crippen LogP contribution in [0.25, 0.3) is 0 Å². The van der Waals surface area contributed by atoms with Gasteiger partial charge in [0.05, 0.1) is 10.3 Å². The predicted molar refractivity (Wildman–Crippen MR) is 47.8 cm³/mol. The topological polar surface area (TPSA) is 37.3 Å². The molecule has 0 unspecified atom stereocenters. The van der Waals surface area contributed by atoms with Crippen LogP contribution in [-0.4, -0.2) is 11.1 Å². The number of carboxylic acids is 1. The quantitative estimate of drug-likeness (QED) is 0.801. The van der Waals surface area contributed by atoms with Crippen molar-refractivity contribution >= 4 is 28.9 Å². The fourth-order valence-electron chi connectivity index (χ4n) is 1.31. The molecule has 2 rings (SSSR count). The Balaban J connectivity index is 2.10. The molecule has 2 atom stereocenters. The first-order chi connectivity index (χ1) is 5.68. The summed E-state index contributed by atoms with van der Waals surface area (Å²) in [5, 5.41) is 8.66. The Morgan fingerprint density at radius 3 is 2.83 bits per heavy atom. The van der Waals surface area contributed by atoms with Gasteiger partial charge >= 0.3 is 5.97 Å². The highest BCUT2D eigenvalue weighted by Gasteiger charge is 2.44. The lowest BCUT2D eigenvalue weighted by molar-refractivity contribution is -0.138. The molecule has 1 fully saturated rings. The fraction of sp³-hybridized carbons (Fsp3) is 0.375. The Hall–Kier alpha value is -0.540. The summed E-state index contributed by atoms with van der Waals surface area (Å²) in [5.74, 6) is -0.635. The summed E-state index contributed by atoms with van der Waals surface area (Å²) in [5.41, 5.74) is 0. The van der Waals surface area contributed by atoms with Crippen molar-refractivity contribution < 1.29 is 9.90 Å². The molecule has 0 spiro atoms. The van der Waals surface area contributed by atoms with Gasteiger partial charge in [-0.1, -0.05) is 11.6 Å². The molecule has 1 aliphatic carbocycles. The zero-order valence-corrected chi connectivity index (χ0v) is 7.73. The molecule has 0 aliphatic heterocycles. The molecule has 1 aromatic rings. The van der Waals surface area contributed by atoms with Crippen molar-refractivity contribution in [1.82, 2.24) is 0 Å². The first kappa shape index (κ1) is 8.08. The summed E-state index contributed by atoms with van der Waals surface area (Å²) in [4.78, 5) is 11.6. The second kappa shape index (κ2) is 2.75. The van der Waals surface area contributed by atoms with Gasteiger partial charge < -0.3 is 5.11 Å². The summed E-state index contributed by atoms with van der Waals surface area (Å²) in [6, 6.07) is 3.74. The molecule has 0 bridgehead atoms. The van der Waals surface area contributed by atoms with E-state index >= 15 is 0 Å². The highest BCUT2D eigenvalue weighted by Crippen LogP contribution is 2.50. The van der Waals surface area contributed by atoms with Crippen LogP contribution in [-0.2, 0) is 4.79 Å². The molecule has 1 N–H and O–H groups in total. The average Bonchev–Trinajstić information content (AvgIpc) is 2.70. The van der Waals surface area contributed by atoms with Gasteiger partial charge in [-0.25, -0.2) is 0 Å².